The quantitative estimate of drug-likeness (QED) is 0.378. The van der Waals surface area contributed by atoms with Crippen LogP contribution < -0.4 is 15.8 Å². The predicted octanol–water partition coefficient (Wildman–Crippen LogP) is 5.70. The Balaban J connectivity index is 1.70. The normalized spacial score (nSPS) is 10.9. The van der Waals surface area contributed by atoms with Crippen molar-refractivity contribution in [1.82, 2.24) is 4.98 Å². The summed E-state index contributed by atoms with van der Waals surface area (Å²) in [5, 5.41) is 5.62. The molecule has 0 unspecified atom stereocenters. The number of nitrogens with zero attached hydrogens (tertiary/aromatic N) is 1. The summed E-state index contributed by atoms with van der Waals surface area (Å²) in [6, 6.07) is 14.2. The fraction of sp³-hybridized carbons (Fsp3) is 0.348. The van der Waals surface area contributed by atoms with Crippen LogP contribution in [-0.4, -0.2) is 11.6 Å². The lowest BCUT2D eigenvalue weighted by Crippen LogP contribution is -2.06. The summed E-state index contributed by atoms with van der Waals surface area (Å²) in [6.07, 6.45) is 6.64. The smallest absolute Gasteiger partial charge is 0.134 e. The second-order valence-corrected chi connectivity index (χ2v) is 7.01. The molecule has 3 N–H and O–H groups in total. The second kappa shape index (κ2) is 9.26. The number of rotatable bonds is 9. The maximum Gasteiger partial charge on any atom is 0.134 e. The van der Waals surface area contributed by atoms with E-state index in [1.165, 1.54) is 24.8 Å². The lowest BCUT2D eigenvalue weighted by molar-refractivity contribution is 0.302. The van der Waals surface area contributed by atoms with Crippen molar-refractivity contribution in [1.29, 1.82) is 0 Å². The molecule has 0 radical (unpaired) electrons. The molecular formula is C23H29N3O. The second-order valence-electron chi connectivity index (χ2n) is 7.01. The van der Waals surface area contributed by atoms with Crippen molar-refractivity contribution >= 4 is 22.3 Å². The summed E-state index contributed by atoms with van der Waals surface area (Å²) in [4.78, 5) is 4.50. The number of nitrogen functional groups attached to an aromatic ring is 1. The van der Waals surface area contributed by atoms with Gasteiger partial charge in [0.1, 0.15) is 11.6 Å². The van der Waals surface area contributed by atoms with E-state index in [1.54, 1.807) is 0 Å². The predicted molar refractivity (Wildman–Crippen MR) is 114 cm³/mol. The molecule has 0 atom stereocenters. The van der Waals surface area contributed by atoms with Gasteiger partial charge in [0.05, 0.1) is 6.61 Å². The number of hydrogen-bond acceptors (Lipinski definition) is 4. The standard InChI is InChI=1S/C23H29N3O/c1-3-4-5-6-13-27-22-14-17(2)7-8-19(22)16-26-23-21-10-9-20(24)15-18(21)11-12-25-23/h7-12,14-15H,3-6,13,16,24H2,1-2H3,(H,25,26). The van der Waals surface area contributed by atoms with E-state index in [4.69, 9.17) is 10.5 Å². The van der Waals surface area contributed by atoms with E-state index in [-0.39, 0.29) is 0 Å². The zero-order valence-corrected chi connectivity index (χ0v) is 16.3. The van der Waals surface area contributed by atoms with Gasteiger partial charge < -0.3 is 15.8 Å². The van der Waals surface area contributed by atoms with E-state index < -0.39 is 0 Å². The Morgan fingerprint density at radius 1 is 1.04 bits per heavy atom. The number of unbranched alkanes of at least 4 members (excludes halogenated alkanes) is 3. The number of ether oxygens (including phenoxy) is 1. The monoisotopic (exact) mass is 363 g/mol. The van der Waals surface area contributed by atoms with Gasteiger partial charge in [0.25, 0.3) is 0 Å². The molecule has 0 saturated carbocycles. The summed E-state index contributed by atoms with van der Waals surface area (Å²) in [5.74, 6) is 1.82. The minimum Gasteiger partial charge on any atom is -0.493 e. The number of benzene rings is 2. The van der Waals surface area contributed by atoms with E-state index in [0.29, 0.717) is 6.54 Å². The molecule has 3 rings (SSSR count). The number of anilines is 2. The third kappa shape index (κ3) is 5.13. The van der Waals surface area contributed by atoms with Crippen LogP contribution in [0.2, 0.25) is 0 Å². The zero-order valence-electron chi connectivity index (χ0n) is 16.3. The van der Waals surface area contributed by atoms with Crippen LogP contribution >= 0.6 is 0 Å². The summed E-state index contributed by atoms with van der Waals surface area (Å²) in [6.45, 7) is 5.75. The third-order valence-electron chi connectivity index (χ3n) is 4.71. The molecular weight excluding hydrogens is 334 g/mol. The van der Waals surface area contributed by atoms with Crippen molar-refractivity contribution in [3.8, 4) is 5.75 Å². The maximum atomic E-state index is 6.08. The topological polar surface area (TPSA) is 60.2 Å². The third-order valence-corrected chi connectivity index (χ3v) is 4.71. The van der Waals surface area contributed by atoms with Gasteiger partial charge in [-0.2, -0.15) is 0 Å². The molecule has 0 spiro atoms. The first-order valence-electron chi connectivity index (χ1n) is 9.78. The minimum atomic E-state index is 0.668. The molecule has 1 heterocycles. The summed E-state index contributed by atoms with van der Waals surface area (Å²) >= 11 is 0. The van der Waals surface area contributed by atoms with Gasteiger partial charge in [0, 0.05) is 29.4 Å². The molecule has 0 aliphatic rings. The van der Waals surface area contributed by atoms with Crippen LogP contribution in [0.15, 0.2) is 48.7 Å². The van der Waals surface area contributed by atoms with Crippen LogP contribution in [0.25, 0.3) is 10.8 Å². The summed E-state index contributed by atoms with van der Waals surface area (Å²) < 4.78 is 6.08. The molecule has 27 heavy (non-hydrogen) atoms. The highest BCUT2D eigenvalue weighted by Gasteiger charge is 2.07. The molecule has 0 aliphatic carbocycles. The first kappa shape index (κ1) is 19.0. The first-order chi connectivity index (χ1) is 13.2. The van der Waals surface area contributed by atoms with Gasteiger partial charge in [0.15, 0.2) is 0 Å². The highest BCUT2D eigenvalue weighted by Crippen LogP contribution is 2.26. The molecule has 0 fully saturated rings. The van der Waals surface area contributed by atoms with E-state index in [1.807, 2.05) is 30.5 Å². The Bertz CT molecular complexity index is 892. The average Bonchev–Trinajstić information content (AvgIpc) is 2.67. The molecule has 0 bridgehead atoms. The van der Waals surface area contributed by atoms with Crippen molar-refractivity contribution in [2.24, 2.45) is 0 Å². The van der Waals surface area contributed by atoms with Crippen LogP contribution in [-0.2, 0) is 6.54 Å². The molecule has 4 heteroatoms. The van der Waals surface area contributed by atoms with Crippen LogP contribution in [0.5, 0.6) is 5.75 Å². The number of fused-ring (bicyclic) bond motifs is 1. The zero-order chi connectivity index (χ0) is 19.1. The van der Waals surface area contributed by atoms with Crippen LogP contribution in [0.1, 0.15) is 43.7 Å². The Hall–Kier alpha value is -2.75. The van der Waals surface area contributed by atoms with Gasteiger partial charge in [-0.3, -0.25) is 0 Å². The lowest BCUT2D eigenvalue weighted by atomic mass is 10.1. The minimum absolute atomic E-state index is 0.668. The number of nitrogens with one attached hydrogen (secondary N) is 1. The van der Waals surface area contributed by atoms with Gasteiger partial charge in [-0.1, -0.05) is 38.3 Å². The van der Waals surface area contributed by atoms with Gasteiger partial charge in [-0.05, 0) is 54.6 Å². The molecule has 142 valence electrons. The van der Waals surface area contributed by atoms with Crippen LogP contribution in [0.3, 0.4) is 0 Å². The van der Waals surface area contributed by atoms with Crippen molar-refractivity contribution < 1.29 is 4.74 Å². The molecule has 0 aliphatic heterocycles. The van der Waals surface area contributed by atoms with Gasteiger partial charge in [0.2, 0.25) is 0 Å². The number of aryl methyl sites for hydroxylation is 1. The van der Waals surface area contributed by atoms with Crippen LogP contribution in [0, 0.1) is 6.92 Å². The number of pyridine rings is 1. The van der Waals surface area contributed by atoms with E-state index in [2.05, 4.69) is 42.3 Å². The Morgan fingerprint density at radius 2 is 1.93 bits per heavy atom. The molecule has 0 saturated heterocycles. The van der Waals surface area contributed by atoms with E-state index in [9.17, 15) is 0 Å². The van der Waals surface area contributed by atoms with Crippen molar-refractivity contribution in [2.75, 3.05) is 17.7 Å². The molecule has 1 aromatic heterocycles. The Morgan fingerprint density at radius 3 is 2.78 bits per heavy atom. The summed E-state index contributed by atoms with van der Waals surface area (Å²) in [7, 11) is 0. The van der Waals surface area contributed by atoms with E-state index in [0.717, 1.165) is 46.6 Å². The first-order valence-corrected chi connectivity index (χ1v) is 9.78. The van der Waals surface area contributed by atoms with Crippen molar-refractivity contribution in [2.45, 2.75) is 46.1 Å². The number of aromatic nitrogens is 1. The Kier molecular flexibility index (Phi) is 6.53. The lowest BCUT2D eigenvalue weighted by Gasteiger charge is -2.14. The van der Waals surface area contributed by atoms with Gasteiger partial charge in [-0.25, -0.2) is 4.98 Å². The number of hydrogen-bond donors (Lipinski definition) is 2. The highest BCUT2D eigenvalue weighted by molar-refractivity contribution is 5.93. The van der Waals surface area contributed by atoms with Gasteiger partial charge in [-0.15, -0.1) is 0 Å². The number of nitrogens with two attached hydrogens (primary N) is 1. The largest absolute Gasteiger partial charge is 0.493 e. The SMILES string of the molecule is CCCCCCOc1cc(C)ccc1CNc1nccc2cc(N)ccc12. The summed E-state index contributed by atoms with van der Waals surface area (Å²) in [5.41, 5.74) is 9.01. The molecule has 2 aromatic carbocycles. The van der Waals surface area contributed by atoms with Gasteiger partial charge >= 0.3 is 0 Å². The fourth-order valence-electron chi connectivity index (χ4n) is 3.17. The van der Waals surface area contributed by atoms with Crippen molar-refractivity contribution in [3.63, 3.8) is 0 Å². The molecule has 0 amide bonds. The Labute approximate surface area is 161 Å². The highest BCUT2D eigenvalue weighted by atomic mass is 16.5. The van der Waals surface area contributed by atoms with Crippen molar-refractivity contribution in [3.05, 3.63) is 59.8 Å². The van der Waals surface area contributed by atoms with Crippen LogP contribution in [0.4, 0.5) is 11.5 Å². The van der Waals surface area contributed by atoms with E-state index >= 15 is 0 Å². The fourth-order valence-corrected chi connectivity index (χ4v) is 3.17. The average molecular weight is 364 g/mol. The molecule has 3 aromatic rings. The maximum absolute atomic E-state index is 6.08. The molecule has 4 nitrogen and oxygen atoms in total.